The SMILES string of the molecule is CN(C(=O)CCc1ccccc1N)c1ccccc1F. The standard InChI is InChI=1S/C16H17FN2O/c1-19(15-9-5-3-7-13(15)17)16(20)11-10-12-6-2-4-8-14(12)18/h2-9H,10-11,18H2,1H3. The van der Waals surface area contributed by atoms with Crippen molar-refractivity contribution in [3.63, 3.8) is 0 Å². The van der Waals surface area contributed by atoms with Gasteiger partial charge in [-0.25, -0.2) is 4.39 Å². The number of rotatable bonds is 4. The van der Waals surface area contributed by atoms with Crippen molar-refractivity contribution < 1.29 is 9.18 Å². The molecule has 0 unspecified atom stereocenters. The molecule has 0 bridgehead atoms. The first-order valence-electron chi connectivity index (χ1n) is 6.44. The predicted molar refractivity (Wildman–Crippen MR) is 79.0 cm³/mol. The third kappa shape index (κ3) is 3.15. The highest BCUT2D eigenvalue weighted by atomic mass is 19.1. The van der Waals surface area contributed by atoms with Gasteiger partial charge in [0.2, 0.25) is 5.91 Å². The minimum atomic E-state index is -0.400. The molecule has 0 spiro atoms. The Hall–Kier alpha value is -2.36. The van der Waals surface area contributed by atoms with Crippen LogP contribution in [0.5, 0.6) is 0 Å². The van der Waals surface area contributed by atoms with E-state index in [2.05, 4.69) is 0 Å². The van der Waals surface area contributed by atoms with Crippen LogP contribution in [-0.4, -0.2) is 13.0 Å². The number of hydrogen-bond acceptors (Lipinski definition) is 2. The minimum absolute atomic E-state index is 0.140. The summed E-state index contributed by atoms with van der Waals surface area (Å²) in [5, 5.41) is 0. The predicted octanol–water partition coefficient (Wildman–Crippen LogP) is 3.00. The molecule has 104 valence electrons. The highest BCUT2D eigenvalue weighted by molar-refractivity contribution is 5.93. The summed E-state index contributed by atoms with van der Waals surface area (Å²) in [6.07, 6.45) is 0.837. The van der Waals surface area contributed by atoms with Crippen LogP contribution in [0.25, 0.3) is 0 Å². The second kappa shape index (κ2) is 6.19. The van der Waals surface area contributed by atoms with Crippen molar-refractivity contribution in [2.45, 2.75) is 12.8 Å². The Kier molecular flexibility index (Phi) is 4.35. The molecule has 0 atom stereocenters. The molecule has 0 heterocycles. The van der Waals surface area contributed by atoms with Crippen LogP contribution >= 0.6 is 0 Å². The van der Waals surface area contributed by atoms with Crippen molar-refractivity contribution in [2.24, 2.45) is 0 Å². The molecule has 0 aliphatic heterocycles. The number of amides is 1. The molecule has 0 saturated heterocycles. The largest absolute Gasteiger partial charge is 0.399 e. The second-order valence-electron chi connectivity index (χ2n) is 4.60. The molecule has 0 saturated carbocycles. The minimum Gasteiger partial charge on any atom is -0.399 e. The summed E-state index contributed by atoms with van der Waals surface area (Å²) in [4.78, 5) is 13.4. The zero-order chi connectivity index (χ0) is 14.5. The van der Waals surface area contributed by atoms with Crippen molar-refractivity contribution in [3.05, 3.63) is 59.9 Å². The summed E-state index contributed by atoms with van der Waals surface area (Å²) < 4.78 is 13.6. The fraction of sp³-hybridized carbons (Fsp3) is 0.188. The molecular weight excluding hydrogens is 255 g/mol. The lowest BCUT2D eigenvalue weighted by Crippen LogP contribution is -2.27. The van der Waals surface area contributed by atoms with Gasteiger partial charge in [-0.15, -0.1) is 0 Å². The van der Waals surface area contributed by atoms with Gasteiger partial charge in [-0.3, -0.25) is 4.79 Å². The number of carbonyl (C=O) groups excluding carboxylic acids is 1. The van der Waals surface area contributed by atoms with Crippen LogP contribution < -0.4 is 10.6 Å². The first-order chi connectivity index (χ1) is 9.59. The van der Waals surface area contributed by atoms with Gasteiger partial charge in [0, 0.05) is 19.2 Å². The number of halogens is 1. The summed E-state index contributed by atoms with van der Waals surface area (Å²) >= 11 is 0. The fourth-order valence-corrected chi connectivity index (χ4v) is 2.03. The van der Waals surface area contributed by atoms with E-state index in [1.54, 1.807) is 31.3 Å². The second-order valence-corrected chi connectivity index (χ2v) is 4.60. The van der Waals surface area contributed by atoms with Crippen molar-refractivity contribution in [1.82, 2.24) is 0 Å². The van der Waals surface area contributed by atoms with Crippen LogP contribution in [0.4, 0.5) is 15.8 Å². The maximum atomic E-state index is 13.6. The molecule has 0 aliphatic carbocycles. The van der Waals surface area contributed by atoms with E-state index < -0.39 is 5.82 Å². The number of hydrogen-bond donors (Lipinski definition) is 1. The summed E-state index contributed by atoms with van der Waals surface area (Å²) in [5.74, 6) is -0.541. The highest BCUT2D eigenvalue weighted by Gasteiger charge is 2.14. The normalized spacial score (nSPS) is 10.3. The molecule has 20 heavy (non-hydrogen) atoms. The third-order valence-corrected chi connectivity index (χ3v) is 3.25. The van der Waals surface area contributed by atoms with Crippen molar-refractivity contribution in [1.29, 1.82) is 0 Å². The lowest BCUT2D eigenvalue weighted by molar-refractivity contribution is -0.118. The lowest BCUT2D eigenvalue weighted by atomic mass is 10.1. The van der Waals surface area contributed by atoms with E-state index in [1.165, 1.54) is 11.0 Å². The van der Waals surface area contributed by atoms with Gasteiger partial charge in [-0.1, -0.05) is 30.3 Å². The molecule has 3 nitrogen and oxygen atoms in total. The Morgan fingerprint density at radius 1 is 1.15 bits per heavy atom. The molecule has 0 aromatic heterocycles. The molecule has 1 amide bonds. The molecule has 0 fully saturated rings. The summed E-state index contributed by atoms with van der Waals surface area (Å²) in [6, 6.07) is 13.7. The Morgan fingerprint density at radius 3 is 2.50 bits per heavy atom. The highest BCUT2D eigenvalue weighted by Crippen LogP contribution is 2.19. The average Bonchev–Trinajstić information content (AvgIpc) is 2.46. The molecule has 2 rings (SSSR count). The zero-order valence-corrected chi connectivity index (χ0v) is 11.3. The van der Waals surface area contributed by atoms with E-state index in [4.69, 9.17) is 5.73 Å². The maximum absolute atomic E-state index is 13.6. The molecule has 2 aromatic rings. The number of carbonyl (C=O) groups is 1. The van der Waals surface area contributed by atoms with Gasteiger partial charge in [-0.05, 0) is 30.2 Å². The van der Waals surface area contributed by atoms with E-state index in [0.717, 1.165) is 5.56 Å². The van der Waals surface area contributed by atoms with Crippen LogP contribution in [-0.2, 0) is 11.2 Å². The van der Waals surface area contributed by atoms with Crippen LogP contribution in [0.15, 0.2) is 48.5 Å². The van der Waals surface area contributed by atoms with Crippen molar-refractivity contribution in [3.8, 4) is 0 Å². The number of benzene rings is 2. The molecular formula is C16H17FN2O. The maximum Gasteiger partial charge on any atom is 0.227 e. The third-order valence-electron chi connectivity index (χ3n) is 3.25. The quantitative estimate of drug-likeness (QED) is 0.870. The van der Waals surface area contributed by atoms with Crippen molar-refractivity contribution >= 4 is 17.3 Å². The topological polar surface area (TPSA) is 46.3 Å². The van der Waals surface area contributed by atoms with E-state index in [1.807, 2.05) is 18.2 Å². The van der Waals surface area contributed by atoms with Gasteiger partial charge in [0.25, 0.3) is 0 Å². The number of nitrogens with two attached hydrogens (primary N) is 1. The molecule has 0 aliphatic rings. The molecule has 2 aromatic carbocycles. The Labute approximate surface area is 117 Å². The molecule has 0 radical (unpaired) electrons. The summed E-state index contributed by atoms with van der Waals surface area (Å²) in [6.45, 7) is 0. The van der Waals surface area contributed by atoms with Crippen LogP contribution in [0.2, 0.25) is 0 Å². The Morgan fingerprint density at radius 2 is 1.80 bits per heavy atom. The van der Waals surface area contributed by atoms with Crippen LogP contribution in [0, 0.1) is 5.82 Å². The fourth-order valence-electron chi connectivity index (χ4n) is 2.03. The Balaban J connectivity index is 2.02. The van der Waals surface area contributed by atoms with E-state index in [0.29, 0.717) is 24.2 Å². The van der Waals surface area contributed by atoms with E-state index >= 15 is 0 Å². The van der Waals surface area contributed by atoms with Gasteiger partial charge in [-0.2, -0.15) is 0 Å². The van der Waals surface area contributed by atoms with Crippen LogP contribution in [0.3, 0.4) is 0 Å². The first kappa shape index (κ1) is 14.1. The Bertz CT molecular complexity index is 613. The van der Waals surface area contributed by atoms with Gasteiger partial charge >= 0.3 is 0 Å². The van der Waals surface area contributed by atoms with E-state index in [-0.39, 0.29) is 5.91 Å². The molecule has 2 N–H and O–H groups in total. The number of para-hydroxylation sites is 2. The van der Waals surface area contributed by atoms with Gasteiger partial charge in [0.1, 0.15) is 5.82 Å². The number of aryl methyl sites for hydroxylation is 1. The average molecular weight is 272 g/mol. The molecule has 4 heteroatoms. The smallest absolute Gasteiger partial charge is 0.227 e. The number of nitrogen functional groups attached to an aromatic ring is 1. The van der Waals surface area contributed by atoms with Gasteiger partial charge < -0.3 is 10.6 Å². The van der Waals surface area contributed by atoms with Gasteiger partial charge in [0.05, 0.1) is 5.69 Å². The lowest BCUT2D eigenvalue weighted by Gasteiger charge is -2.18. The zero-order valence-electron chi connectivity index (χ0n) is 11.3. The first-order valence-corrected chi connectivity index (χ1v) is 6.44. The monoisotopic (exact) mass is 272 g/mol. The summed E-state index contributed by atoms with van der Waals surface area (Å²) in [7, 11) is 1.58. The number of anilines is 2. The van der Waals surface area contributed by atoms with Crippen LogP contribution in [0.1, 0.15) is 12.0 Å². The van der Waals surface area contributed by atoms with Crippen molar-refractivity contribution in [2.75, 3.05) is 17.7 Å². The van der Waals surface area contributed by atoms with E-state index in [9.17, 15) is 9.18 Å². The number of nitrogens with zero attached hydrogens (tertiary/aromatic N) is 1. The van der Waals surface area contributed by atoms with Gasteiger partial charge in [0.15, 0.2) is 0 Å². The summed E-state index contributed by atoms with van der Waals surface area (Å²) in [5.41, 5.74) is 7.73.